The van der Waals surface area contributed by atoms with Gasteiger partial charge in [-0.1, -0.05) is 77.7 Å². The summed E-state index contributed by atoms with van der Waals surface area (Å²) in [4.78, 5) is 16.8. The number of benzene rings is 2. The van der Waals surface area contributed by atoms with Gasteiger partial charge in [-0.3, -0.25) is 4.79 Å². The van der Waals surface area contributed by atoms with E-state index in [1.807, 2.05) is 0 Å². The number of ether oxygens (including phenoxy) is 1. The van der Waals surface area contributed by atoms with Crippen molar-refractivity contribution >= 4 is 21.8 Å². The van der Waals surface area contributed by atoms with Crippen LogP contribution < -0.4 is 5.32 Å². The number of halogens is 1. The van der Waals surface area contributed by atoms with Gasteiger partial charge in [-0.15, -0.1) is 0 Å². The topological polar surface area (TPSA) is 41.6 Å². The molecule has 3 aliphatic heterocycles. The van der Waals surface area contributed by atoms with Crippen LogP contribution in [0, 0.1) is 11.8 Å². The van der Waals surface area contributed by atoms with Gasteiger partial charge in [0.1, 0.15) is 0 Å². The second kappa shape index (κ2) is 9.99. The molecule has 1 N–H and O–H groups in total. The lowest BCUT2D eigenvalue weighted by molar-refractivity contribution is -0.144. The zero-order valence-electron chi connectivity index (χ0n) is 20.6. The van der Waals surface area contributed by atoms with Crippen molar-refractivity contribution in [3.63, 3.8) is 0 Å². The minimum absolute atomic E-state index is 0.0739. The van der Waals surface area contributed by atoms with E-state index in [0.29, 0.717) is 37.0 Å². The Hall–Kier alpha value is -1.69. The molecule has 1 aliphatic carbocycles. The van der Waals surface area contributed by atoms with Crippen molar-refractivity contribution < 1.29 is 9.53 Å². The SMILES string of the molecule is O=C([C@@H]1CNC[C@]12COCc1c(Br)cccc12)N1CC[C@@H](c2ccccc2)C[C@H]1C1CCCCC1. The van der Waals surface area contributed by atoms with Gasteiger partial charge in [0.25, 0.3) is 0 Å². The molecule has 4 nitrogen and oxygen atoms in total. The molecule has 6 rings (SSSR count). The Morgan fingerprint density at radius 1 is 1.03 bits per heavy atom. The molecule has 1 amide bonds. The summed E-state index contributed by atoms with van der Waals surface area (Å²) >= 11 is 3.74. The largest absolute Gasteiger partial charge is 0.376 e. The fraction of sp³-hybridized carbons (Fsp3) is 0.567. The average Bonchev–Trinajstić information content (AvgIpc) is 3.33. The third kappa shape index (κ3) is 4.28. The first-order valence-electron chi connectivity index (χ1n) is 13.6. The number of likely N-dealkylation sites (tertiary alicyclic amines) is 1. The molecule has 35 heavy (non-hydrogen) atoms. The number of hydrogen-bond acceptors (Lipinski definition) is 3. The van der Waals surface area contributed by atoms with E-state index in [-0.39, 0.29) is 11.3 Å². The lowest BCUT2D eigenvalue weighted by Gasteiger charge is -2.48. The Bertz CT molecular complexity index is 1050. The summed E-state index contributed by atoms with van der Waals surface area (Å²) in [5, 5.41) is 3.60. The van der Waals surface area contributed by atoms with Crippen LogP contribution in [0.15, 0.2) is 53.0 Å². The molecule has 2 aromatic carbocycles. The summed E-state index contributed by atoms with van der Waals surface area (Å²) in [6.45, 7) is 3.66. The Balaban J connectivity index is 1.31. The maximum absolute atomic E-state index is 14.5. The van der Waals surface area contributed by atoms with E-state index in [1.54, 1.807) is 0 Å². The molecular weight excluding hydrogens is 500 g/mol. The average molecular weight is 538 g/mol. The molecular formula is C30H37BrN2O2. The van der Waals surface area contributed by atoms with Crippen LogP contribution >= 0.6 is 15.9 Å². The highest BCUT2D eigenvalue weighted by Crippen LogP contribution is 2.46. The highest BCUT2D eigenvalue weighted by Gasteiger charge is 2.53. The number of carbonyl (C=O) groups is 1. The van der Waals surface area contributed by atoms with Crippen LogP contribution in [-0.4, -0.2) is 43.1 Å². The number of piperidine rings is 1. The van der Waals surface area contributed by atoms with Crippen LogP contribution in [0.4, 0.5) is 0 Å². The minimum Gasteiger partial charge on any atom is -0.376 e. The van der Waals surface area contributed by atoms with Gasteiger partial charge in [-0.05, 0) is 60.3 Å². The van der Waals surface area contributed by atoms with Gasteiger partial charge in [0.2, 0.25) is 5.91 Å². The first-order chi connectivity index (χ1) is 17.2. The molecule has 1 saturated carbocycles. The summed E-state index contributed by atoms with van der Waals surface area (Å²) in [5.41, 5.74) is 3.68. The lowest BCUT2D eigenvalue weighted by Crippen LogP contribution is -2.56. The number of hydrogen-bond donors (Lipinski definition) is 1. The summed E-state index contributed by atoms with van der Waals surface area (Å²) in [6.07, 6.45) is 8.66. The van der Waals surface area contributed by atoms with Crippen molar-refractivity contribution in [3.8, 4) is 0 Å². The third-order valence-corrected chi connectivity index (χ3v) is 10.2. The molecule has 0 unspecified atom stereocenters. The van der Waals surface area contributed by atoms with Crippen molar-refractivity contribution in [3.05, 3.63) is 69.7 Å². The Kier molecular flexibility index (Phi) is 6.76. The van der Waals surface area contributed by atoms with Gasteiger partial charge in [0, 0.05) is 35.6 Å². The standard InChI is InChI=1S/C30H37BrN2O2/c31-27-13-7-12-25-24(27)18-35-20-30(25)19-32-17-26(30)29(34)33-15-14-23(21-8-3-1-4-9-21)16-28(33)22-10-5-2-6-11-22/h1,3-4,7-9,12-13,22-23,26,28,32H,2,5-6,10-11,14-20H2/t23-,26+,28+,30-/m1/s1. The van der Waals surface area contributed by atoms with E-state index in [9.17, 15) is 4.79 Å². The summed E-state index contributed by atoms with van der Waals surface area (Å²) < 4.78 is 7.25. The normalized spacial score (nSPS) is 31.5. The van der Waals surface area contributed by atoms with Gasteiger partial charge in [-0.2, -0.15) is 0 Å². The van der Waals surface area contributed by atoms with Gasteiger partial charge in [0.15, 0.2) is 0 Å². The molecule has 3 heterocycles. The maximum atomic E-state index is 14.5. The predicted octanol–water partition coefficient (Wildman–Crippen LogP) is 5.79. The van der Waals surface area contributed by atoms with Crippen LogP contribution in [-0.2, 0) is 21.6 Å². The number of fused-ring (bicyclic) bond motifs is 2. The molecule has 2 saturated heterocycles. The van der Waals surface area contributed by atoms with Gasteiger partial charge < -0.3 is 15.0 Å². The van der Waals surface area contributed by atoms with Crippen LogP contribution in [0.25, 0.3) is 0 Å². The van der Waals surface area contributed by atoms with Crippen LogP contribution in [0.1, 0.15) is 67.6 Å². The van der Waals surface area contributed by atoms with Gasteiger partial charge >= 0.3 is 0 Å². The zero-order chi connectivity index (χ0) is 23.8. The molecule has 4 aliphatic rings. The van der Waals surface area contributed by atoms with Crippen molar-refractivity contribution in [2.24, 2.45) is 11.8 Å². The van der Waals surface area contributed by atoms with E-state index in [4.69, 9.17) is 4.74 Å². The summed E-state index contributed by atoms with van der Waals surface area (Å²) in [6, 6.07) is 17.8. The van der Waals surface area contributed by atoms with E-state index in [1.165, 1.54) is 48.8 Å². The number of amides is 1. The van der Waals surface area contributed by atoms with Crippen molar-refractivity contribution in [1.82, 2.24) is 10.2 Å². The quantitative estimate of drug-likeness (QED) is 0.539. The maximum Gasteiger partial charge on any atom is 0.228 e. The first kappa shape index (κ1) is 23.7. The monoisotopic (exact) mass is 536 g/mol. The van der Waals surface area contributed by atoms with Crippen molar-refractivity contribution in [2.75, 3.05) is 26.2 Å². The van der Waals surface area contributed by atoms with E-state index >= 15 is 0 Å². The lowest BCUT2D eigenvalue weighted by atomic mass is 9.69. The minimum atomic E-state index is -0.276. The third-order valence-electron chi connectivity index (χ3n) is 9.41. The van der Waals surface area contributed by atoms with Crippen LogP contribution in [0.2, 0.25) is 0 Å². The molecule has 1 spiro atoms. The smallest absolute Gasteiger partial charge is 0.228 e. The molecule has 4 atom stereocenters. The van der Waals surface area contributed by atoms with E-state index in [0.717, 1.165) is 36.9 Å². The van der Waals surface area contributed by atoms with Crippen LogP contribution in [0.3, 0.4) is 0 Å². The Labute approximate surface area is 217 Å². The van der Waals surface area contributed by atoms with Gasteiger partial charge in [-0.25, -0.2) is 0 Å². The van der Waals surface area contributed by atoms with E-state index < -0.39 is 0 Å². The van der Waals surface area contributed by atoms with Crippen molar-refractivity contribution in [1.29, 1.82) is 0 Å². The molecule has 5 heteroatoms. The molecule has 186 valence electrons. The molecule has 2 aromatic rings. The van der Waals surface area contributed by atoms with Crippen molar-refractivity contribution in [2.45, 2.75) is 68.9 Å². The highest BCUT2D eigenvalue weighted by molar-refractivity contribution is 9.10. The number of nitrogens with zero attached hydrogens (tertiary/aromatic N) is 1. The second-order valence-electron chi connectivity index (χ2n) is 11.2. The fourth-order valence-corrected chi connectivity index (χ4v) is 8.05. The first-order valence-corrected chi connectivity index (χ1v) is 14.4. The molecule has 0 aromatic heterocycles. The molecule has 3 fully saturated rings. The van der Waals surface area contributed by atoms with Crippen LogP contribution in [0.5, 0.6) is 0 Å². The predicted molar refractivity (Wildman–Crippen MR) is 142 cm³/mol. The zero-order valence-corrected chi connectivity index (χ0v) is 22.1. The van der Waals surface area contributed by atoms with E-state index in [2.05, 4.69) is 74.7 Å². The van der Waals surface area contributed by atoms with Gasteiger partial charge in [0.05, 0.1) is 19.1 Å². The summed E-state index contributed by atoms with van der Waals surface area (Å²) in [5.74, 6) is 1.47. The highest BCUT2D eigenvalue weighted by atomic mass is 79.9. The summed E-state index contributed by atoms with van der Waals surface area (Å²) in [7, 11) is 0. The number of nitrogens with one attached hydrogen (secondary N) is 1. The Morgan fingerprint density at radius 3 is 2.69 bits per heavy atom. The molecule has 0 bridgehead atoms. The Morgan fingerprint density at radius 2 is 1.86 bits per heavy atom. The second-order valence-corrected chi connectivity index (χ2v) is 12.1. The molecule has 0 radical (unpaired) electrons. The fourth-order valence-electron chi connectivity index (χ4n) is 7.57. The number of carbonyl (C=O) groups excluding carboxylic acids is 1. The number of rotatable bonds is 3.